The van der Waals surface area contributed by atoms with Crippen LogP contribution in [0.3, 0.4) is 0 Å². The molecule has 1 aliphatic heterocycles. The summed E-state index contributed by atoms with van der Waals surface area (Å²) in [4.78, 5) is 8.60. The van der Waals surface area contributed by atoms with Crippen molar-refractivity contribution in [2.45, 2.75) is 38.7 Å². The standard InChI is InChI=1S/C18H25N5O2.HI/c1-12(2)17-22-16(25-23-17)8-9-20-18(19-3)21-11-14-10-13-6-4-5-7-15(13)24-14;/h4-7,12,14H,8-11H2,1-3H3,(H2,19,20,21);1H. The molecule has 2 N–H and O–H groups in total. The van der Waals surface area contributed by atoms with Crippen molar-refractivity contribution in [1.29, 1.82) is 0 Å². The molecule has 7 nitrogen and oxygen atoms in total. The van der Waals surface area contributed by atoms with Gasteiger partial charge in [0.2, 0.25) is 5.89 Å². The maximum absolute atomic E-state index is 5.92. The molecular formula is C18H26IN5O2. The molecule has 0 radical (unpaired) electrons. The van der Waals surface area contributed by atoms with Crippen LogP contribution in [0.2, 0.25) is 0 Å². The van der Waals surface area contributed by atoms with Gasteiger partial charge < -0.3 is 19.9 Å². The Hall–Kier alpha value is -1.84. The molecule has 142 valence electrons. The second kappa shape index (κ2) is 9.75. The second-order valence-corrected chi connectivity index (χ2v) is 6.38. The van der Waals surface area contributed by atoms with Gasteiger partial charge in [-0.05, 0) is 11.6 Å². The van der Waals surface area contributed by atoms with Crippen molar-refractivity contribution in [3.05, 3.63) is 41.5 Å². The SMILES string of the molecule is CN=C(NCCc1nc(C(C)C)no1)NCC1Cc2ccccc2O1.I. The molecular weight excluding hydrogens is 445 g/mol. The fourth-order valence-corrected chi connectivity index (χ4v) is 2.69. The Labute approximate surface area is 171 Å². The van der Waals surface area contributed by atoms with Gasteiger partial charge in [0.15, 0.2) is 11.8 Å². The quantitative estimate of drug-likeness (QED) is 0.383. The molecule has 8 heteroatoms. The van der Waals surface area contributed by atoms with E-state index in [1.165, 1.54) is 5.56 Å². The Balaban J connectivity index is 0.00000243. The smallest absolute Gasteiger partial charge is 0.228 e. The minimum Gasteiger partial charge on any atom is -0.488 e. The summed E-state index contributed by atoms with van der Waals surface area (Å²) in [5.41, 5.74) is 1.26. The minimum absolute atomic E-state index is 0. The van der Waals surface area contributed by atoms with Crippen LogP contribution < -0.4 is 15.4 Å². The third kappa shape index (κ3) is 5.33. The van der Waals surface area contributed by atoms with E-state index in [-0.39, 0.29) is 36.0 Å². The summed E-state index contributed by atoms with van der Waals surface area (Å²) in [5.74, 6) is 3.38. The van der Waals surface area contributed by atoms with Gasteiger partial charge in [-0.2, -0.15) is 4.98 Å². The van der Waals surface area contributed by atoms with E-state index in [2.05, 4.69) is 31.8 Å². The molecule has 1 aromatic carbocycles. The zero-order valence-electron chi connectivity index (χ0n) is 15.4. The Morgan fingerprint density at radius 1 is 1.31 bits per heavy atom. The van der Waals surface area contributed by atoms with Gasteiger partial charge in [-0.1, -0.05) is 37.2 Å². The number of aliphatic imine (C=N–C) groups is 1. The number of guanidine groups is 1. The molecule has 1 atom stereocenters. The Morgan fingerprint density at radius 3 is 2.81 bits per heavy atom. The van der Waals surface area contributed by atoms with E-state index in [0.717, 1.165) is 24.0 Å². The highest BCUT2D eigenvalue weighted by Crippen LogP contribution is 2.27. The van der Waals surface area contributed by atoms with Crippen LogP contribution in [0.4, 0.5) is 0 Å². The van der Waals surface area contributed by atoms with Gasteiger partial charge in [0.05, 0.1) is 6.54 Å². The van der Waals surface area contributed by atoms with E-state index in [1.54, 1.807) is 7.05 Å². The van der Waals surface area contributed by atoms with Crippen LogP contribution in [0.5, 0.6) is 5.75 Å². The van der Waals surface area contributed by atoms with Crippen molar-refractivity contribution in [1.82, 2.24) is 20.8 Å². The molecule has 0 saturated heterocycles. The number of benzene rings is 1. The van der Waals surface area contributed by atoms with Gasteiger partial charge in [-0.3, -0.25) is 4.99 Å². The lowest BCUT2D eigenvalue weighted by Crippen LogP contribution is -2.42. The van der Waals surface area contributed by atoms with Crippen LogP contribution in [0.1, 0.15) is 37.0 Å². The highest BCUT2D eigenvalue weighted by Gasteiger charge is 2.22. The maximum atomic E-state index is 5.92. The molecule has 0 amide bonds. The average Bonchev–Trinajstić information content (AvgIpc) is 3.24. The summed E-state index contributed by atoms with van der Waals surface area (Å²) >= 11 is 0. The van der Waals surface area contributed by atoms with Crippen LogP contribution in [-0.2, 0) is 12.8 Å². The van der Waals surface area contributed by atoms with Crippen molar-refractivity contribution in [2.75, 3.05) is 20.1 Å². The lowest BCUT2D eigenvalue weighted by Gasteiger charge is -2.15. The van der Waals surface area contributed by atoms with Gasteiger partial charge >= 0.3 is 0 Å². The zero-order valence-corrected chi connectivity index (χ0v) is 17.7. The molecule has 1 aromatic heterocycles. The number of aromatic nitrogens is 2. The van der Waals surface area contributed by atoms with Crippen LogP contribution >= 0.6 is 24.0 Å². The normalized spacial score (nSPS) is 16.0. The fourth-order valence-electron chi connectivity index (χ4n) is 2.69. The van der Waals surface area contributed by atoms with Crippen LogP contribution in [0, 0.1) is 0 Å². The summed E-state index contributed by atoms with van der Waals surface area (Å²) in [6.07, 6.45) is 1.70. The highest BCUT2D eigenvalue weighted by atomic mass is 127. The molecule has 2 aromatic rings. The first kappa shape index (κ1) is 20.5. The average molecular weight is 471 g/mol. The van der Waals surface area contributed by atoms with E-state index < -0.39 is 0 Å². The van der Waals surface area contributed by atoms with E-state index >= 15 is 0 Å². The Morgan fingerprint density at radius 2 is 2.12 bits per heavy atom. The number of rotatable bonds is 6. The summed E-state index contributed by atoms with van der Waals surface area (Å²) in [6.45, 7) is 5.46. The third-order valence-corrected chi connectivity index (χ3v) is 4.07. The first-order chi connectivity index (χ1) is 12.2. The topological polar surface area (TPSA) is 84.6 Å². The molecule has 26 heavy (non-hydrogen) atoms. The summed E-state index contributed by atoms with van der Waals surface area (Å²) in [6, 6.07) is 8.16. The number of ether oxygens (including phenoxy) is 1. The van der Waals surface area contributed by atoms with E-state index in [1.807, 2.05) is 32.0 Å². The molecule has 0 fully saturated rings. The summed E-state index contributed by atoms with van der Waals surface area (Å²) in [5, 5.41) is 10.5. The third-order valence-electron chi connectivity index (χ3n) is 4.07. The van der Waals surface area contributed by atoms with Gasteiger partial charge in [0.1, 0.15) is 11.9 Å². The lowest BCUT2D eigenvalue weighted by atomic mass is 10.1. The van der Waals surface area contributed by atoms with Gasteiger partial charge in [-0.15, -0.1) is 24.0 Å². The predicted molar refractivity (Wildman–Crippen MR) is 111 cm³/mol. The van der Waals surface area contributed by atoms with Crippen molar-refractivity contribution < 1.29 is 9.26 Å². The number of hydrogen-bond acceptors (Lipinski definition) is 5. The first-order valence-corrected chi connectivity index (χ1v) is 8.67. The van der Waals surface area contributed by atoms with Crippen LogP contribution in [-0.4, -0.2) is 42.3 Å². The molecule has 2 heterocycles. The number of halogens is 1. The van der Waals surface area contributed by atoms with Crippen LogP contribution in [0.25, 0.3) is 0 Å². The van der Waals surface area contributed by atoms with Crippen molar-refractivity contribution in [3.63, 3.8) is 0 Å². The highest BCUT2D eigenvalue weighted by molar-refractivity contribution is 14.0. The number of hydrogen-bond donors (Lipinski definition) is 2. The number of nitrogens with zero attached hydrogens (tertiary/aromatic N) is 3. The van der Waals surface area contributed by atoms with Crippen molar-refractivity contribution in [3.8, 4) is 5.75 Å². The number of fused-ring (bicyclic) bond motifs is 1. The van der Waals surface area contributed by atoms with Crippen LogP contribution in [0.15, 0.2) is 33.8 Å². The monoisotopic (exact) mass is 471 g/mol. The molecule has 0 saturated carbocycles. The molecule has 0 bridgehead atoms. The zero-order chi connectivity index (χ0) is 17.6. The Kier molecular flexibility index (Phi) is 7.67. The van der Waals surface area contributed by atoms with Crippen molar-refractivity contribution >= 4 is 29.9 Å². The molecule has 3 rings (SSSR count). The van der Waals surface area contributed by atoms with Gasteiger partial charge in [0.25, 0.3) is 0 Å². The molecule has 0 spiro atoms. The molecule has 1 unspecified atom stereocenters. The number of nitrogens with one attached hydrogen (secondary N) is 2. The Bertz CT molecular complexity index is 707. The van der Waals surface area contributed by atoms with Gasteiger partial charge in [-0.25, -0.2) is 0 Å². The fraction of sp³-hybridized carbons (Fsp3) is 0.500. The minimum atomic E-state index is 0. The van der Waals surface area contributed by atoms with E-state index in [0.29, 0.717) is 25.4 Å². The maximum Gasteiger partial charge on any atom is 0.228 e. The van der Waals surface area contributed by atoms with E-state index in [9.17, 15) is 0 Å². The second-order valence-electron chi connectivity index (χ2n) is 6.38. The van der Waals surface area contributed by atoms with Gasteiger partial charge in [0, 0.05) is 32.4 Å². The van der Waals surface area contributed by atoms with Crippen molar-refractivity contribution in [2.24, 2.45) is 4.99 Å². The predicted octanol–water partition coefficient (Wildman–Crippen LogP) is 2.52. The summed E-state index contributed by atoms with van der Waals surface area (Å²) in [7, 11) is 1.75. The summed E-state index contributed by atoms with van der Waals surface area (Å²) < 4.78 is 11.2. The largest absolute Gasteiger partial charge is 0.488 e. The van der Waals surface area contributed by atoms with E-state index in [4.69, 9.17) is 9.26 Å². The first-order valence-electron chi connectivity index (χ1n) is 8.67. The molecule has 1 aliphatic rings. The number of para-hydroxylation sites is 1. The lowest BCUT2D eigenvalue weighted by molar-refractivity contribution is 0.235. The molecule has 0 aliphatic carbocycles.